The number of halogens is 3. The van der Waals surface area contributed by atoms with Crippen molar-refractivity contribution in [1.82, 2.24) is 10.4 Å². The van der Waals surface area contributed by atoms with Crippen LogP contribution in [0.4, 0.5) is 13.2 Å². The smallest absolute Gasteiger partial charge is 0.379 e. The average molecular weight is 260 g/mol. The number of hydrazine groups is 1. The van der Waals surface area contributed by atoms with Gasteiger partial charge in [-0.15, -0.1) is 0 Å². The van der Waals surface area contributed by atoms with Crippen LogP contribution >= 0.6 is 0 Å². The molecule has 3 nitrogen and oxygen atoms in total. The molecule has 1 aromatic carbocycles. The molecule has 18 heavy (non-hydrogen) atoms. The van der Waals surface area contributed by atoms with Gasteiger partial charge in [-0.3, -0.25) is 5.43 Å². The Balaban J connectivity index is 2.00. The first kappa shape index (κ1) is 13.3. The van der Waals surface area contributed by atoms with Gasteiger partial charge in [0.15, 0.2) is 0 Å². The van der Waals surface area contributed by atoms with Crippen LogP contribution in [0.2, 0.25) is 0 Å². The van der Waals surface area contributed by atoms with Crippen LogP contribution in [0.25, 0.3) is 0 Å². The Morgan fingerprint density at radius 3 is 2.50 bits per heavy atom. The summed E-state index contributed by atoms with van der Waals surface area (Å²) in [7, 11) is 0. The van der Waals surface area contributed by atoms with Crippen molar-refractivity contribution in [2.24, 2.45) is 0 Å². The van der Waals surface area contributed by atoms with Gasteiger partial charge in [0.25, 0.3) is 0 Å². The van der Waals surface area contributed by atoms with Crippen LogP contribution in [0, 0.1) is 0 Å². The molecular formula is C12H15F3N2O. The molecule has 1 aromatic rings. The number of nitrogens with zero attached hydrogens (tertiary/aromatic N) is 1. The molecular weight excluding hydrogens is 245 g/mol. The molecule has 0 atom stereocenters. The molecule has 0 unspecified atom stereocenters. The zero-order valence-corrected chi connectivity index (χ0v) is 9.83. The fourth-order valence-electron chi connectivity index (χ4n) is 1.87. The van der Waals surface area contributed by atoms with Crippen molar-refractivity contribution >= 4 is 0 Å². The molecule has 1 N–H and O–H groups in total. The van der Waals surface area contributed by atoms with E-state index in [1.807, 2.05) is 5.01 Å². The molecule has 1 saturated heterocycles. The summed E-state index contributed by atoms with van der Waals surface area (Å²) >= 11 is 0. The van der Waals surface area contributed by atoms with E-state index >= 15 is 0 Å². The number of nitrogens with one attached hydrogen (secondary N) is 1. The highest BCUT2D eigenvalue weighted by molar-refractivity contribution is 5.29. The molecule has 2 rings (SSSR count). The molecule has 1 heterocycles. The van der Waals surface area contributed by atoms with E-state index in [4.69, 9.17) is 4.74 Å². The van der Waals surface area contributed by atoms with E-state index in [0.29, 0.717) is 26.3 Å². The maximum absolute atomic E-state index is 12.8. The minimum atomic E-state index is -4.30. The molecule has 0 radical (unpaired) electrons. The quantitative estimate of drug-likeness (QED) is 0.900. The van der Waals surface area contributed by atoms with E-state index in [2.05, 4.69) is 5.43 Å². The highest BCUT2D eigenvalue weighted by Crippen LogP contribution is 2.31. The van der Waals surface area contributed by atoms with Crippen molar-refractivity contribution in [3.8, 4) is 0 Å². The Hall–Kier alpha value is -1.11. The molecule has 0 saturated carbocycles. The third kappa shape index (κ3) is 3.44. The molecule has 0 aromatic heterocycles. The van der Waals surface area contributed by atoms with Crippen LogP contribution in [0.15, 0.2) is 24.3 Å². The molecule has 100 valence electrons. The van der Waals surface area contributed by atoms with Crippen molar-refractivity contribution in [2.75, 3.05) is 26.3 Å². The first-order chi connectivity index (χ1) is 8.57. The van der Waals surface area contributed by atoms with Crippen molar-refractivity contribution in [1.29, 1.82) is 0 Å². The third-order valence-corrected chi connectivity index (χ3v) is 2.83. The summed E-state index contributed by atoms with van der Waals surface area (Å²) in [5, 5.41) is 1.89. The predicted molar refractivity (Wildman–Crippen MR) is 60.7 cm³/mol. The third-order valence-electron chi connectivity index (χ3n) is 2.83. The average Bonchev–Trinajstić information content (AvgIpc) is 2.37. The summed E-state index contributed by atoms with van der Waals surface area (Å²) in [6.07, 6.45) is -4.30. The van der Waals surface area contributed by atoms with Crippen LogP contribution in [0.5, 0.6) is 0 Å². The van der Waals surface area contributed by atoms with Crippen LogP contribution in [-0.4, -0.2) is 31.3 Å². The van der Waals surface area contributed by atoms with Crippen molar-refractivity contribution in [3.63, 3.8) is 0 Å². The highest BCUT2D eigenvalue weighted by atomic mass is 19.4. The Morgan fingerprint density at radius 1 is 1.17 bits per heavy atom. The van der Waals surface area contributed by atoms with E-state index in [1.165, 1.54) is 12.1 Å². The van der Waals surface area contributed by atoms with Gasteiger partial charge in [0.2, 0.25) is 0 Å². The maximum atomic E-state index is 12.8. The topological polar surface area (TPSA) is 24.5 Å². The number of rotatable bonds is 3. The number of morpholine rings is 1. The molecule has 1 aliphatic heterocycles. The van der Waals surface area contributed by atoms with Crippen LogP contribution in [0.1, 0.15) is 11.1 Å². The van der Waals surface area contributed by atoms with Crippen molar-refractivity contribution in [3.05, 3.63) is 35.4 Å². The number of alkyl halides is 3. The van der Waals surface area contributed by atoms with Crippen LogP contribution < -0.4 is 5.43 Å². The molecule has 6 heteroatoms. The Morgan fingerprint density at radius 2 is 1.83 bits per heavy atom. The number of benzene rings is 1. The van der Waals surface area contributed by atoms with Gasteiger partial charge < -0.3 is 4.74 Å². The van der Waals surface area contributed by atoms with E-state index in [1.54, 1.807) is 6.07 Å². The molecule has 0 aliphatic carbocycles. The van der Waals surface area contributed by atoms with Gasteiger partial charge in [-0.2, -0.15) is 13.2 Å². The lowest BCUT2D eigenvalue weighted by atomic mass is 10.1. The fraction of sp³-hybridized carbons (Fsp3) is 0.500. The maximum Gasteiger partial charge on any atom is 0.416 e. The second-order valence-corrected chi connectivity index (χ2v) is 4.09. The number of ether oxygens (including phenoxy) is 1. The van der Waals surface area contributed by atoms with E-state index < -0.39 is 11.7 Å². The van der Waals surface area contributed by atoms with E-state index in [-0.39, 0.29) is 12.1 Å². The molecule has 1 aliphatic rings. The Bertz CT molecular complexity index is 389. The summed E-state index contributed by atoms with van der Waals surface area (Å²) in [6, 6.07) is 5.62. The zero-order chi connectivity index (χ0) is 13.0. The lowest BCUT2D eigenvalue weighted by molar-refractivity contribution is -0.138. The summed E-state index contributed by atoms with van der Waals surface area (Å²) in [5.74, 6) is 0. The summed E-state index contributed by atoms with van der Waals surface area (Å²) < 4.78 is 43.4. The van der Waals surface area contributed by atoms with Gasteiger partial charge in [0.1, 0.15) is 0 Å². The van der Waals surface area contributed by atoms with Gasteiger partial charge in [-0.1, -0.05) is 18.2 Å². The monoisotopic (exact) mass is 260 g/mol. The second-order valence-electron chi connectivity index (χ2n) is 4.09. The van der Waals surface area contributed by atoms with Gasteiger partial charge in [-0.25, -0.2) is 5.01 Å². The molecule has 0 spiro atoms. The normalized spacial score (nSPS) is 17.9. The largest absolute Gasteiger partial charge is 0.416 e. The molecule has 1 fully saturated rings. The minimum Gasteiger partial charge on any atom is -0.379 e. The SMILES string of the molecule is FC(F)(F)c1ccccc1CNN1CCOCC1. The van der Waals surface area contributed by atoms with Gasteiger partial charge in [0, 0.05) is 19.6 Å². The number of hydrogen-bond donors (Lipinski definition) is 1. The molecule has 0 amide bonds. The van der Waals surface area contributed by atoms with Gasteiger partial charge in [-0.05, 0) is 11.6 Å². The fourth-order valence-corrected chi connectivity index (χ4v) is 1.87. The Kier molecular flexibility index (Phi) is 4.21. The van der Waals surface area contributed by atoms with Crippen LogP contribution in [0.3, 0.4) is 0 Å². The summed E-state index contributed by atoms with van der Waals surface area (Å²) in [4.78, 5) is 0. The van der Waals surface area contributed by atoms with Crippen molar-refractivity contribution in [2.45, 2.75) is 12.7 Å². The number of hydrogen-bond acceptors (Lipinski definition) is 3. The minimum absolute atomic E-state index is 0.176. The van der Waals surface area contributed by atoms with Gasteiger partial charge in [0.05, 0.1) is 18.8 Å². The van der Waals surface area contributed by atoms with Crippen molar-refractivity contribution < 1.29 is 17.9 Å². The van der Waals surface area contributed by atoms with Crippen LogP contribution in [-0.2, 0) is 17.5 Å². The summed E-state index contributed by atoms with van der Waals surface area (Å²) in [6.45, 7) is 2.76. The lowest BCUT2D eigenvalue weighted by Gasteiger charge is -2.27. The van der Waals surface area contributed by atoms with E-state index in [9.17, 15) is 13.2 Å². The molecule has 0 bridgehead atoms. The predicted octanol–water partition coefficient (Wildman–Crippen LogP) is 2.04. The van der Waals surface area contributed by atoms with E-state index in [0.717, 1.165) is 6.07 Å². The summed E-state index contributed by atoms with van der Waals surface area (Å²) in [5.41, 5.74) is 2.69. The lowest BCUT2D eigenvalue weighted by Crippen LogP contribution is -2.45. The first-order valence-corrected chi connectivity index (χ1v) is 5.78. The Labute approximate surface area is 104 Å². The second kappa shape index (κ2) is 5.69. The zero-order valence-electron chi connectivity index (χ0n) is 9.83. The standard InChI is InChI=1S/C12H15F3N2O/c13-12(14,15)11-4-2-1-3-10(11)9-16-17-5-7-18-8-6-17/h1-4,16H,5-9H2. The van der Waals surface area contributed by atoms with Gasteiger partial charge >= 0.3 is 6.18 Å². The first-order valence-electron chi connectivity index (χ1n) is 5.78. The highest BCUT2D eigenvalue weighted by Gasteiger charge is 2.32.